The molecule has 0 aliphatic carbocycles. The number of rotatable bonds is 4. The van der Waals surface area contributed by atoms with Crippen LogP contribution in [0.25, 0.3) is 0 Å². The minimum atomic E-state index is 0.732. The van der Waals surface area contributed by atoms with Gasteiger partial charge in [-0.15, -0.1) is 0 Å². The molecule has 0 saturated heterocycles. The molecule has 0 atom stereocenters. The van der Waals surface area contributed by atoms with Crippen LogP contribution < -0.4 is 0 Å². The maximum absolute atomic E-state index is 2.35. The molecule has 0 saturated carbocycles. The summed E-state index contributed by atoms with van der Waals surface area (Å²) in [6.45, 7) is 2.30. The average molecular weight is 232 g/mol. The normalized spacial score (nSPS) is 9.43. The molecule has 0 amide bonds. The Morgan fingerprint density at radius 2 is 2.00 bits per heavy atom. The van der Waals surface area contributed by atoms with Crippen molar-refractivity contribution >= 4 is 29.9 Å². The molecule has 46 valence electrons. The molecule has 2 heteroatoms. The zero-order valence-corrected chi connectivity index (χ0v) is 8.77. The van der Waals surface area contributed by atoms with Crippen molar-refractivity contribution in [3.05, 3.63) is 0 Å². The van der Waals surface area contributed by atoms with E-state index in [2.05, 4.69) is 12.7 Å². The Hall–Kier alpha value is 1.04. The van der Waals surface area contributed by atoms with E-state index in [1.807, 2.05) is 0 Å². The topological polar surface area (TPSA) is 0 Å². The van der Waals surface area contributed by atoms with E-state index in [0.29, 0.717) is 0 Å². The zero-order chi connectivity index (χ0) is 5.54. The third kappa shape index (κ3) is 7.04. The van der Waals surface area contributed by atoms with Crippen molar-refractivity contribution in [1.82, 2.24) is 0 Å². The molecule has 0 aromatic carbocycles. The Balaban J connectivity index is 2.45. The Morgan fingerprint density at radius 1 is 1.29 bits per heavy atom. The fourth-order valence-electron chi connectivity index (χ4n) is 0.329. The van der Waals surface area contributed by atoms with Gasteiger partial charge in [-0.05, 0) is 0 Å². The van der Waals surface area contributed by atoms with E-state index in [9.17, 15) is 0 Å². The van der Waals surface area contributed by atoms with Gasteiger partial charge in [0.25, 0.3) is 0 Å². The van der Waals surface area contributed by atoms with E-state index in [-0.39, 0.29) is 0 Å². The molecule has 0 aromatic rings. The molecule has 2 radical (unpaired) electrons. The Labute approximate surface area is 58.8 Å². The van der Waals surface area contributed by atoms with E-state index < -0.39 is 0 Å². The molecule has 0 aliphatic rings. The Morgan fingerprint density at radius 3 is 2.43 bits per heavy atom. The molecular formula is C5H14Se2. The second-order valence-electron chi connectivity index (χ2n) is 1.30. The fourth-order valence-corrected chi connectivity index (χ4v) is 5.43. The molecule has 0 fully saturated rings. The van der Waals surface area contributed by atoms with Crippen molar-refractivity contribution in [3.63, 3.8) is 0 Å². The molecular weight excluding hydrogens is 218 g/mol. The van der Waals surface area contributed by atoms with Gasteiger partial charge >= 0.3 is 58.6 Å². The summed E-state index contributed by atoms with van der Waals surface area (Å²) in [5, 5.41) is 4.60. The van der Waals surface area contributed by atoms with E-state index in [4.69, 9.17) is 0 Å². The van der Waals surface area contributed by atoms with Gasteiger partial charge in [0.1, 0.15) is 0 Å². The molecule has 0 spiro atoms. The second-order valence-corrected chi connectivity index (χ2v) is 6.77. The van der Waals surface area contributed by atoms with Gasteiger partial charge in [-0.2, -0.15) is 0 Å². The van der Waals surface area contributed by atoms with Crippen LogP contribution in [-0.2, 0) is 0 Å². The van der Waals surface area contributed by atoms with Crippen molar-refractivity contribution in [2.75, 3.05) is 0 Å². The van der Waals surface area contributed by atoms with Gasteiger partial charge in [-0.25, -0.2) is 0 Å². The van der Waals surface area contributed by atoms with Gasteiger partial charge in [-0.3, -0.25) is 0 Å². The van der Waals surface area contributed by atoms with Gasteiger partial charge in [0, 0.05) is 0 Å². The first-order chi connectivity index (χ1) is 3.41. The van der Waals surface area contributed by atoms with Crippen LogP contribution >= 0.6 is 0 Å². The van der Waals surface area contributed by atoms with E-state index in [1.165, 1.54) is 5.32 Å². The third-order valence-corrected chi connectivity index (χ3v) is 5.85. The average Bonchev–Trinajstić information content (AvgIpc) is 1.69. The molecule has 0 rings (SSSR count). The van der Waals surface area contributed by atoms with Crippen molar-refractivity contribution in [3.8, 4) is 0 Å². The summed E-state index contributed by atoms with van der Waals surface area (Å²) in [5.41, 5.74) is 0. The van der Waals surface area contributed by atoms with E-state index in [0.717, 1.165) is 29.9 Å². The first-order valence-electron chi connectivity index (χ1n) is 2.60. The van der Waals surface area contributed by atoms with Crippen molar-refractivity contribution in [1.29, 1.82) is 0 Å². The first-order valence-corrected chi connectivity index (χ1v) is 8.46. The maximum atomic E-state index is 2.35. The summed E-state index contributed by atoms with van der Waals surface area (Å²) < 4.78 is 0. The summed E-state index contributed by atoms with van der Waals surface area (Å²) in [4.78, 5) is 0. The molecule has 0 unspecified atom stereocenters. The predicted octanol–water partition coefficient (Wildman–Crippen LogP) is 1.18. The second kappa shape index (κ2) is 7.04. The zero-order valence-electron chi connectivity index (χ0n) is 5.02. The van der Waals surface area contributed by atoms with Crippen LogP contribution in [0.15, 0.2) is 0 Å². The molecule has 0 N–H and O–H groups in total. The third-order valence-electron chi connectivity index (χ3n) is 0.705. The van der Waals surface area contributed by atoms with Crippen LogP contribution in [0, 0.1) is 0 Å². The van der Waals surface area contributed by atoms with Crippen LogP contribution in [-0.4, -0.2) is 29.9 Å². The molecule has 0 aromatic heterocycles. The van der Waals surface area contributed by atoms with Crippen molar-refractivity contribution in [2.45, 2.75) is 28.7 Å². The summed E-state index contributed by atoms with van der Waals surface area (Å²) in [7, 11) is 0. The van der Waals surface area contributed by atoms with E-state index >= 15 is 0 Å². The van der Waals surface area contributed by atoms with Gasteiger partial charge in [0.05, 0.1) is 0 Å². The number of hydrogen-bond donors (Lipinski definition) is 0. The van der Waals surface area contributed by atoms with Gasteiger partial charge in [0.15, 0.2) is 0 Å². The quantitative estimate of drug-likeness (QED) is 0.504. The minimum absolute atomic E-state index is 0.732. The molecule has 0 aliphatic heterocycles. The van der Waals surface area contributed by atoms with Gasteiger partial charge in [-0.1, -0.05) is 0 Å². The summed E-state index contributed by atoms with van der Waals surface area (Å²) >= 11 is 1.50. The predicted molar refractivity (Wildman–Crippen MR) is 40.3 cm³/mol. The SMILES string of the molecule is CC[SeH]CC[SeH]C. The summed E-state index contributed by atoms with van der Waals surface area (Å²) in [6, 6.07) is 0. The van der Waals surface area contributed by atoms with Crippen LogP contribution in [0.1, 0.15) is 6.92 Å². The Kier molecular flexibility index (Phi) is 8.08. The molecule has 0 nitrogen and oxygen atoms in total. The van der Waals surface area contributed by atoms with Crippen LogP contribution in [0.3, 0.4) is 0 Å². The number of hydrogen-bond acceptors (Lipinski definition) is 0. The first kappa shape index (κ1) is 8.04. The monoisotopic (exact) mass is 234 g/mol. The van der Waals surface area contributed by atoms with Gasteiger partial charge < -0.3 is 0 Å². The molecule has 0 bridgehead atoms. The fraction of sp³-hybridized carbons (Fsp3) is 1.00. The summed E-state index contributed by atoms with van der Waals surface area (Å²) in [6.07, 6.45) is 0. The molecule has 7 heavy (non-hydrogen) atoms. The van der Waals surface area contributed by atoms with Crippen LogP contribution in [0.5, 0.6) is 0 Å². The van der Waals surface area contributed by atoms with Crippen LogP contribution in [0.2, 0.25) is 21.8 Å². The van der Waals surface area contributed by atoms with Crippen molar-refractivity contribution < 1.29 is 0 Å². The Bertz CT molecular complexity index is 25.3. The standard InChI is InChI=1S/C5H14Se2/c1-3-7-5-4-6-2/h6-7H,3-5H2,1-2H3. The van der Waals surface area contributed by atoms with Crippen LogP contribution in [0.4, 0.5) is 0 Å². The van der Waals surface area contributed by atoms with Crippen molar-refractivity contribution in [2.24, 2.45) is 0 Å². The van der Waals surface area contributed by atoms with Gasteiger partial charge in [0.2, 0.25) is 0 Å². The molecule has 0 heterocycles. The summed E-state index contributed by atoms with van der Waals surface area (Å²) in [5.74, 6) is 2.35. The van der Waals surface area contributed by atoms with E-state index in [1.54, 1.807) is 10.6 Å².